The summed E-state index contributed by atoms with van der Waals surface area (Å²) in [5.74, 6) is 0.0231. The van der Waals surface area contributed by atoms with Crippen LogP contribution in [0.5, 0.6) is 0 Å². The molecule has 1 aromatic heterocycles. The lowest BCUT2D eigenvalue weighted by Crippen LogP contribution is -2.36. The molecule has 0 aliphatic carbocycles. The Morgan fingerprint density at radius 1 is 1.47 bits per heavy atom. The van der Waals surface area contributed by atoms with Crippen LogP contribution in [0.2, 0.25) is 0 Å². The zero-order valence-corrected chi connectivity index (χ0v) is 11.5. The van der Waals surface area contributed by atoms with Crippen LogP contribution in [0.3, 0.4) is 0 Å². The van der Waals surface area contributed by atoms with Crippen LogP contribution in [0.15, 0.2) is 18.3 Å². The number of hydrogen-bond donors (Lipinski definition) is 1. The lowest BCUT2D eigenvalue weighted by atomic mass is 10.2. The minimum atomic E-state index is -0.490. The van der Waals surface area contributed by atoms with Crippen LogP contribution in [-0.2, 0) is 11.3 Å². The highest BCUT2D eigenvalue weighted by Crippen LogP contribution is 2.11. The molecule has 0 aromatic carbocycles. The Kier molecular flexibility index (Phi) is 4.50. The Hall–Kier alpha value is -1.46. The summed E-state index contributed by atoms with van der Waals surface area (Å²) in [6.45, 7) is 6.75. The molecule has 1 N–H and O–H groups in total. The van der Waals surface area contributed by atoms with Crippen molar-refractivity contribution >= 4 is 5.91 Å². The van der Waals surface area contributed by atoms with Gasteiger partial charge in [0.25, 0.3) is 0 Å². The van der Waals surface area contributed by atoms with E-state index < -0.39 is 6.10 Å². The molecule has 19 heavy (non-hydrogen) atoms. The molecule has 1 aliphatic rings. The summed E-state index contributed by atoms with van der Waals surface area (Å²) in [5, 5.41) is 9.97. The SMILES string of the molecule is CC(=O)N1CCN(Cc2ncccc2C)CC(O)C1. The standard InChI is InChI=1S/C14H21N3O2/c1-11-4-3-5-15-14(11)10-16-6-7-17(12(2)18)9-13(19)8-16/h3-5,13,19H,6-10H2,1-2H3. The van der Waals surface area contributed by atoms with E-state index in [1.165, 1.54) is 0 Å². The molecule has 1 aliphatic heterocycles. The first-order valence-corrected chi connectivity index (χ1v) is 6.62. The monoisotopic (exact) mass is 263 g/mol. The van der Waals surface area contributed by atoms with Gasteiger partial charge in [-0.25, -0.2) is 0 Å². The highest BCUT2D eigenvalue weighted by molar-refractivity contribution is 5.73. The van der Waals surface area contributed by atoms with Crippen LogP contribution in [0, 0.1) is 6.92 Å². The Morgan fingerprint density at radius 2 is 2.26 bits per heavy atom. The van der Waals surface area contributed by atoms with Crippen molar-refractivity contribution in [2.45, 2.75) is 26.5 Å². The third kappa shape index (κ3) is 3.75. The molecule has 2 rings (SSSR count). The first kappa shape index (κ1) is 14.0. The first-order chi connectivity index (χ1) is 9.06. The number of carbonyl (C=O) groups excluding carboxylic acids is 1. The highest BCUT2D eigenvalue weighted by Gasteiger charge is 2.22. The molecule has 5 heteroatoms. The van der Waals surface area contributed by atoms with Crippen LogP contribution in [0.4, 0.5) is 0 Å². The number of aryl methyl sites for hydroxylation is 1. The second-order valence-corrected chi connectivity index (χ2v) is 5.12. The van der Waals surface area contributed by atoms with Crippen LogP contribution in [0.1, 0.15) is 18.2 Å². The van der Waals surface area contributed by atoms with Crippen LogP contribution in [-0.4, -0.2) is 58.1 Å². The fourth-order valence-corrected chi connectivity index (χ4v) is 2.38. The van der Waals surface area contributed by atoms with Gasteiger partial charge in [0.2, 0.25) is 5.91 Å². The predicted octanol–water partition coefficient (Wildman–Crippen LogP) is 0.415. The number of aliphatic hydroxyl groups is 1. The van der Waals surface area contributed by atoms with Gasteiger partial charge in [-0.3, -0.25) is 14.7 Å². The van der Waals surface area contributed by atoms with Gasteiger partial charge < -0.3 is 10.0 Å². The van der Waals surface area contributed by atoms with Crippen molar-refractivity contribution in [2.24, 2.45) is 0 Å². The second kappa shape index (κ2) is 6.12. The van der Waals surface area contributed by atoms with Gasteiger partial charge in [0.15, 0.2) is 0 Å². The summed E-state index contributed by atoms with van der Waals surface area (Å²) in [4.78, 5) is 19.6. The average Bonchev–Trinajstić information content (AvgIpc) is 2.54. The third-order valence-electron chi connectivity index (χ3n) is 3.52. The van der Waals surface area contributed by atoms with Gasteiger partial charge in [-0.15, -0.1) is 0 Å². The van der Waals surface area contributed by atoms with Crippen LogP contribution < -0.4 is 0 Å². The summed E-state index contributed by atoms with van der Waals surface area (Å²) in [6.07, 6.45) is 1.30. The number of amides is 1. The number of hydrogen-bond acceptors (Lipinski definition) is 4. The van der Waals surface area contributed by atoms with Crippen molar-refractivity contribution < 1.29 is 9.90 Å². The fourth-order valence-electron chi connectivity index (χ4n) is 2.38. The van der Waals surface area contributed by atoms with E-state index in [2.05, 4.69) is 9.88 Å². The Morgan fingerprint density at radius 3 is 2.95 bits per heavy atom. The number of β-amino-alcohol motifs (C(OH)–C–C–N with tert-alkyl or cyclic N) is 1. The van der Waals surface area contributed by atoms with Crippen molar-refractivity contribution in [3.63, 3.8) is 0 Å². The molecular weight excluding hydrogens is 242 g/mol. The van der Waals surface area contributed by atoms with E-state index in [1.807, 2.05) is 19.1 Å². The van der Waals surface area contributed by atoms with Gasteiger partial charge in [-0.2, -0.15) is 0 Å². The molecular formula is C14H21N3O2. The number of aromatic nitrogens is 1. The second-order valence-electron chi connectivity index (χ2n) is 5.12. The maximum Gasteiger partial charge on any atom is 0.219 e. The number of pyridine rings is 1. The minimum Gasteiger partial charge on any atom is -0.390 e. The number of aliphatic hydroxyl groups excluding tert-OH is 1. The lowest BCUT2D eigenvalue weighted by molar-refractivity contribution is -0.129. The fraction of sp³-hybridized carbons (Fsp3) is 0.571. The molecule has 1 atom stereocenters. The Balaban J connectivity index is 2.02. The Bertz CT molecular complexity index is 450. The van der Waals surface area contributed by atoms with E-state index in [4.69, 9.17) is 0 Å². The molecule has 1 saturated heterocycles. The highest BCUT2D eigenvalue weighted by atomic mass is 16.3. The molecule has 0 spiro atoms. The van der Waals surface area contributed by atoms with Gasteiger partial charge >= 0.3 is 0 Å². The minimum absolute atomic E-state index is 0.0231. The Labute approximate surface area is 113 Å². The van der Waals surface area contributed by atoms with Crippen molar-refractivity contribution in [3.8, 4) is 0 Å². The lowest BCUT2D eigenvalue weighted by Gasteiger charge is -2.21. The molecule has 0 radical (unpaired) electrons. The summed E-state index contributed by atoms with van der Waals surface area (Å²) in [7, 11) is 0. The molecule has 0 saturated carbocycles. The average molecular weight is 263 g/mol. The summed E-state index contributed by atoms with van der Waals surface area (Å²) < 4.78 is 0. The molecule has 2 heterocycles. The molecule has 1 unspecified atom stereocenters. The maximum atomic E-state index is 11.4. The normalized spacial score (nSPS) is 21.2. The van der Waals surface area contributed by atoms with E-state index in [1.54, 1.807) is 18.0 Å². The van der Waals surface area contributed by atoms with Gasteiger partial charge in [0.1, 0.15) is 0 Å². The van der Waals surface area contributed by atoms with E-state index in [0.29, 0.717) is 19.6 Å². The zero-order valence-electron chi connectivity index (χ0n) is 11.5. The van der Waals surface area contributed by atoms with Crippen LogP contribution in [0.25, 0.3) is 0 Å². The van der Waals surface area contributed by atoms with E-state index >= 15 is 0 Å². The van der Waals surface area contributed by atoms with Crippen molar-refractivity contribution in [1.82, 2.24) is 14.8 Å². The van der Waals surface area contributed by atoms with Gasteiger partial charge in [-0.05, 0) is 18.6 Å². The third-order valence-corrected chi connectivity index (χ3v) is 3.52. The summed E-state index contributed by atoms with van der Waals surface area (Å²) in [6, 6.07) is 3.96. The molecule has 0 bridgehead atoms. The first-order valence-electron chi connectivity index (χ1n) is 6.62. The molecule has 1 aromatic rings. The maximum absolute atomic E-state index is 11.4. The van der Waals surface area contributed by atoms with Crippen molar-refractivity contribution in [2.75, 3.05) is 26.2 Å². The van der Waals surface area contributed by atoms with Crippen LogP contribution >= 0.6 is 0 Å². The molecule has 1 amide bonds. The topological polar surface area (TPSA) is 56.7 Å². The van der Waals surface area contributed by atoms with Crippen molar-refractivity contribution in [3.05, 3.63) is 29.6 Å². The smallest absolute Gasteiger partial charge is 0.219 e. The quantitative estimate of drug-likeness (QED) is 0.840. The number of carbonyl (C=O) groups is 1. The van der Waals surface area contributed by atoms with E-state index in [0.717, 1.165) is 24.3 Å². The predicted molar refractivity (Wildman–Crippen MR) is 72.5 cm³/mol. The number of nitrogens with zero attached hydrogens (tertiary/aromatic N) is 3. The molecule has 104 valence electrons. The molecule has 1 fully saturated rings. The van der Waals surface area contributed by atoms with Gasteiger partial charge in [0.05, 0.1) is 11.8 Å². The van der Waals surface area contributed by atoms with Gasteiger partial charge in [0, 0.05) is 45.8 Å². The largest absolute Gasteiger partial charge is 0.390 e. The van der Waals surface area contributed by atoms with Crippen molar-refractivity contribution in [1.29, 1.82) is 0 Å². The van der Waals surface area contributed by atoms with E-state index in [-0.39, 0.29) is 5.91 Å². The molecule has 5 nitrogen and oxygen atoms in total. The zero-order chi connectivity index (χ0) is 13.8. The number of rotatable bonds is 2. The van der Waals surface area contributed by atoms with E-state index in [9.17, 15) is 9.90 Å². The summed E-state index contributed by atoms with van der Waals surface area (Å²) >= 11 is 0. The van der Waals surface area contributed by atoms with Gasteiger partial charge in [-0.1, -0.05) is 6.07 Å². The summed E-state index contributed by atoms with van der Waals surface area (Å²) in [5.41, 5.74) is 2.19.